The summed E-state index contributed by atoms with van der Waals surface area (Å²) in [4.78, 5) is 32.8. The summed E-state index contributed by atoms with van der Waals surface area (Å²) in [7, 11) is 0. The number of amidine groups is 1. The molecule has 13 nitrogen and oxygen atoms in total. The minimum absolute atomic E-state index is 0.119. The van der Waals surface area contributed by atoms with Crippen LogP contribution in [0.25, 0.3) is 22.5 Å². The molecule has 3 aromatic rings. The predicted molar refractivity (Wildman–Crippen MR) is 157 cm³/mol. The molecule has 1 saturated carbocycles. The van der Waals surface area contributed by atoms with E-state index in [2.05, 4.69) is 22.3 Å². The first-order valence-corrected chi connectivity index (χ1v) is 15.0. The number of nitrogens with zero attached hydrogens (tertiary/aromatic N) is 6. The van der Waals surface area contributed by atoms with Gasteiger partial charge in [0.15, 0.2) is 6.10 Å². The fourth-order valence-electron chi connectivity index (χ4n) is 6.30. The first kappa shape index (κ1) is 30.0. The fourth-order valence-corrected chi connectivity index (χ4v) is 6.30. The third kappa shape index (κ3) is 5.40. The maximum Gasteiger partial charge on any atom is 0.335 e. The van der Waals surface area contributed by atoms with Gasteiger partial charge in [-0.3, -0.25) is 14.7 Å². The minimum atomic E-state index is -1.83. The molecular formula is C31H36N6O7. The maximum absolute atomic E-state index is 13.5. The first-order valence-electron chi connectivity index (χ1n) is 15.0. The van der Waals surface area contributed by atoms with Crippen LogP contribution in [0.3, 0.4) is 0 Å². The molecule has 44 heavy (non-hydrogen) atoms. The number of rotatable bonds is 9. The summed E-state index contributed by atoms with van der Waals surface area (Å²) in [5, 5.41) is 52.4. The SMILES string of the molecule is CCCCC1=NC2(CCCC2)C(=O)N1Cc1ccc(-c2ccccc2-c2nnn([C@@H]3O[C@H](C(=O)O)[C@@H](O)[C@@H](O)[C@H]3O)n2)cc1. The molecule has 6 rings (SSSR count). The van der Waals surface area contributed by atoms with Crippen molar-refractivity contribution in [1.82, 2.24) is 25.1 Å². The van der Waals surface area contributed by atoms with E-state index in [4.69, 9.17) is 9.73 Å². The summed E-state index contributed by atoms with van der Waals surface area (Å²) >= 11 is 0. The Labute approximate surface area is 253 Å². The van der Waals surface area contributed by atoms with E-state index in [0.29, 0.717) is 12.1 Å². The fraction of sp³-hybridized carbons (Fsp3) is 0.484. The van der Waals surface area contributed by atoms with E-state index in [0.717, 1.165) is 72.3 Å². The zero-order valence-electron chi connectivity index (χ0n) is 24.4. The van der Waals surface area contributed by atoms with Crippen molar-refractivity contribution in [2.24, 2.45) is 4.99 Å². The highest BCUT2D eigenvalue weighted by molar-refractivity contribution is 6.08. The number of aliphatic imine (C=N–C) groups is 1. The Kier molecular flexibility index (Phi) is 8.29. The summed E-state index contributed by atoms with van der Waals surface area (Å²) < 4.78 is 5.33. The molecule has 1 aromatic heterocycles. The molecule has 0 radical (unpaired) electrons. The number of benzene rings is 2. The summed E-state index contributed by atoms with van der Waals surface area (Å²) in [6.45, 7) is 2.60. The Morgan fingerprint density at radius 2 is 1.70 bits per heavy atom. The number of carbonyl (C=O) groups excluding carboxylic acids is 1. The third-order valence-electron chi connectivity index (χ3n) is 8.74. The second-order valence-electron chi connectivity index (χ2n) is 11.7. The van der Waals surface area contributed by atoms with Crippen molar-refractivity contribution >= 4 is 17.7 Å². The van der Waals surface area contributed by atoms with E-state index in [-0.39, 0.29) is 11.7 Å². The van der Waals surface area contributed by atoms with Gasteiger partial charge in [0, 0.05) is 12.0 Å². The Morgan fingerprint density at radius 3 is 2.39 bits per heavy atom. The summed E-state index contributed by atoms with van der Waals surface area (Å²) in [5.41, 5.74) is 2.71. The number of carbonyl (C=O) groups is 2. The zero-order chi connectivity index (χ0) is 31.0. The Balaban J connectivity index is 1.22. The number of carboxylic acid groups (broad SMARTS) is 1. The largest absolute Gasteiger partial charge is 0.479 e. The monoisotopic (exact) mass is 604 g/mol. The molecule has 2 aliphatic heterocycles. The van der Waals surface area contributed by atoms with Gasteiger partial charge in [-0.1, -0.05) is 74.7 Å². The number of unbranched alkanes of at least 4 members (excludes halogenated alkanes) is 1. The van der Waals surface area contributed by atoms with E-state index >= 15 is 0 Å². The van der Waals surface area contributed by atoms with E-state index in [9.17, 15) is 30.0 Å². The van der Waals surface area contributed by atoms with Crippen molar-refractivity contribution in [3.63, 3.8) is 0 Å². The van der Waals surface area contributed by atoms with Crippen molar-refractivity contribution in [1.29, 1.82) is 0 Å². The number of ether oxygens (including phenoxy) is 1. The van der Waals surface area contributed by atoms with E-state index in [1.807, 2.05) is 53.4 Å². The van der Waals surface area contributed by atoms with Crippen LogP contribution in [0.2, 0.25) is 0 Å². The molecule has 3 heterocycles. The second kappa shape index (κ2) is 12.2. The van der Waals surface area contributed by atoms with E-state index in [1.54, 1.807) is 0 Å². The number of aliphatic hydroxyl groups excluding tert-OH is 3. The number of amides is 1. The standard InChI is InChI=1S/C31H36N6O7/c1-2-3-10-22-32-31(15-6-7-16-31)30(43)36(22)17-18-11-13-19(14-12-18)20-8-4-5-9-21(20)27-33-35-37(34-27)28-25(40)23(38)24(39)26(44-28)29(41)42/h4-5,8-9,11-14,23-26,28,38-40H,2-3,6-7,10,15-17H2,1H3,(H,41,42)/t23-,24+,25-,26+,28-/m1/s1. The van der Waals surface area contributed by atoms with Gasteiger partial charge in [0.25, 0.3) is 5.91 Å². The Hall–Kier alpha value is -4.04. The highest BCUT2D eigenvalue weighted by Crippen LogP contribution is 2.40. The van der Waals surface area contributed by atoms with Crippen molar-refractivity contribution in [3.8, 4) is 22.5 Å². The number of tetrazole rings is 1. The minimum Gasteiger partial charge on any atom is -0.479 e. The summed E-state index contributed by atoms with van der Waals surface area (Å²) in [6.07, 6.45) is -2.05. The van der Waals surface area contributed by atoms with Crippen LogP contribution in [-0.2, 0) is 20.9 Å². The van der Waals surface area contributed by atoms with Crippen molar-refractivity contribution < 1.29 is 34.8 Å². The number of aliphatic carboxylic acids is 1. The number of aromatic nitrogens is 4. The summed E-state index contributed by atoms with van der Waals surface area (Å²) in [5.74, 6) is -0.298. The third-order valence-corrected chi connectivity index (χ3v) is 8.74. The van der Waals surface area contributed by atoms with Gasteiger partial charge in [-0.05, 0) is 41.2 Å². The second-order valence-corrected chi connectivity index (χ2v) is 11.7. The van der Waals surface area contributed by atoms with Crippen LogP contribution in [0.4, 0.5) is 0 Å². The molecule has 2 aromatic carbocycles. The Morgan fingerprint density at radius 1 is 1.00 bits per heavy atom. The lowest BCUT2D eigenvalue weighted by molar-refractivity contribution is -0.251. The molecule has 0 bridgehead atoms. The molecular weight excluding hydrogens is 568 g/mol. The lowest BCUT2D eigenvalue weighted by Crippen LogP contribution is -2.58. The van der Waals surface area contributed by atoms with Crippen LogP contribution in [0.1, 0.15) is 63.7 Å². The molecule has 1 amide bonds. The Bertz CT molecular complexity index is 1550. The molecule has 1 aliphatic carbocycles. The van der Waals surface area contributed by atoms with Gasteiger partial charge in [-0.2, -0.15) is 0 Å². The molecule has 0 unspecified atom stereocenters. The molecule has 2 fully saturated rings. The van der Waals surface area contributed by atoms with Gasteiger partial charge in [0.1, 0.15) is 29.7 Å². The van der Waals surface area contributed by atoms with Gasteiger partial charge in [0.05, 0.1) is 6.54 Å². The van der Waals surface area contributed by atoms with Gasteiger partial charge in [-0.25, -0.2) is 4.79 Å². The highest BCUT2D eigenvalue weighted by atomic mass is 16.6. The normalized spacial score (nSPS) is 26.4. The van der Waals surface area contributed by atoms with Gasteiger partial charge in [0.2, 0.25) is 12.1 Å². The van der Waals surface area contributed by atoms with Gasteiger partial charge in [-0.15, -0.1) is 15.0 Å². The highest BCUT2D eigenvalue weighted by Gasteiger charge is 2.50. The first-order chi connectivity index (χ1) is 21.2. The lowest BCUT2D eigenvalue weighted by atomic mass is 9.97. The van der Waals surface area contributed by atoms with Crippen LogP contribution in [-0.4, -0.2) is 93.2 Å². The quantitative estimate of drug-likeness (QED) is 0.283. The van der Waals surface area contributed by atoms with Crippen molar-refractivity contribution in [3.05, 3.63) is 54.1 Å². The molecule has 232 valence electrons. The maximum atomic E-state index is 13.5. The van der Waals surface area contributed by atoms with Gasteiger partial charge >= 0.3 is 5.97 Å². The molecule has 1 spiro atoms. The average molecular weight is 605 g/mol. The van der Waals surface area contributed by atoms with Crippen molar-refractivity contribution in [2.75, 3.05) is 0 Å². The van der Waals surface area contributed by atoms with Gasteiger partial charge < -0.3 is 25.2 Å². The van der Waals surface area contributed by atoms with Crippen LogP contribution in [0.15, 0.2) is 53.5 Å². The average Bonchev–Trinajstić information content (AvgIpc) is 3.77. The van der Waals surface area contributed by atoms with Crippen LogP contribution in [0.5, 0.6) is 0 Å². The molecule has 13 heteroatoms. The van der Waals surface area contributed by atoms with E-state index in [1.165, 1.54) is 0 Å². The molecule has 1 saturated heterocycles. The molecule has 5 atom stereocenters. The smallest absolute Gasteiger partial charge is 0.335 e. The number of hydrogen-bond acceptors (Lipinski definition) is 10. The number of hydrogen-bond donors (Lipinski definition) is 4. The zero-order valence-corrected chi connectivity index (χ0v) is 24.4. The van der Waals surface area contributed by atoms with Crippen LogP contribution >= 0.6 is 0 Å². The van der Waals surface area contributed by atoms with Crippen LogP contribution in [0, 0.1) is 0 Å². The topological polar surface area (TPSA) is 183 Å². The van der Waals surface area contributed by atoms with Crippen LogP contribution < -0.4 is 0 Å². The summed E-state index contributed by atoms with van der Waals surface area (Å²) in [6, 6.07) is 15.3. The molecule has 3 aliphatic rings. The van der Waals surface area contributed by atoms with Crippen molar-refractivity contribution in [2.45, 2.75) is 94.6 Å². The number of carboxylic acids is 1. The van der Waals surface area contributed by atoms with E-state index < -0.39 is 42.2 Å². The number of aliphatic hydroxyl groups is 3. The predicted octanol–water partition coefficient (Wildman–Crippen LogP) is 2.32. The lowest BCUT2D eigenvalue weighted by Gasteiger charge is -2.37. The molecule has 4 N–H and O–H groups in total.